The van der Waals surface area contributed by atoms with E-state index in [1.54, 1.807) is 43.5 Å². The lowest BCUT2D eigenvalue weighted by Crippen LogP contribution is -2.32. The van der Waals surface area contributed by atoms with Crippen molar-refractivity contribution in [3.05, 3.63) is 76.4 Å². The first kappa shape index (κ1) is 19.0. The summed E-state index contributed by atoms with van der Waals surface area (Å²) in [7, 11) is 1.57. The minimum Gasteiger partial charge on any atom is -0.497 e. The van der Waals surface area contributed by atoms with Crippen molar-refractivity contribution in [2.75, 3.05) is 19.0 Å². The van der Waals surface area contributed by atoms with Gasteiger partial charge in [0.2, 0.25) is 0 Å². The zero-order valence-electron chi connectivity index (χ0n) is 14.5. The van der Waals surface area contributed by atoms with Crippen LogP contribution in [0.1, 0.15) is 5.56 Å². The second-order valence-corrected chi connectivity index (χ2v) is 6.58. The Morgan fingerprint density at radius 2 is 1.81 bits per heavy atom. The van der Waals surface area contributed by atoms with E-state index >= 15 is 0 Å². The topological polar surface area (TPSA) is 58.6 Å². The van der Waals surface area contributed by atoms with E-state index in [1.807, 2.05) is 0 Å². The minimum absolute atomic E-state index is 0.0974. The molecule has 1 heterocycles. The maximum Gasteiger partial charge on any atom is 0.278 e. The van der Waals surface area contributed by atoms with Gasteiger partial charge in [0.05, 0.1) is 17.7 Å². The number of methoxy groups -OCH3 is 1. The smallest absolute Gasteiger partial charge is 0.278 e. The van der Waals surface area contributed by atoms with E-state index in [0.29, 0.717) is 22.0 Å². The fourth-order valence-corrected chi connectivity index (χ4v) is 3.25. The minimum atomic E-state index is -0.447. The number of anilines is 1. The van der Waals surface area contributed by atoms with Gasteiger partial charge >= 0.3 is 0 Å². The summed E-state index contributed by atoms with van der Waals surface area (Å²) < 4.78 is 5.13. The molecule has 0 radical (unpaired) electrons. The molecule has 1 aliphatic heterocycles. The fraction of sp³-hybridized carbons (Fsp3) is 0.100. The van der Waals surface area contributed by atoms with E-state index in [4.69, 9.17) is 27.9 Å². The molecule has 0 unspecified atom stereocenters. The van der Waals surface area contributed by atoms with E-state index < -0.39 is 11.8 Å². The van der Waals surface area contributed by atoms with Crippen molar-refractivity contribution in [1.82, 2.24) is 4.90 Å². The Morgan fingerprint density at radius 3 is 2.41 bits per heavy atom. The third-order valence-corrected chi connectivity index (χ3v) is 4.59. The van der Waals surface area contributed by atoms with Gasteiger partial charge in [-0.25, -0.2) is 0 Å². The zero-order valence-corrected chi connectivity index (χ0v) is 16.0. The number of nitrogens with zero attached hydrogens (tertiary/aromatic N) is 1. The predicted octanol–water partition coefficient (Wildman–Crippen LogP) is 4.38. The Morgan fingerprint density at radius 1 is 1.11 bits per heavy atom. The second kappa shape index (κ2) is 7.86. The molecule has 1 aliphatic rings. The van der Waals surface area contributed by atoms with Crippen molar-refractivity contribution in [2.24, 2.45) is 0 Å². The maximum absolute atomic E-state index is 12.9. The summed E-state index contributed by atoms with van der Waals surface area (Å²) in [6, 6.07) is 11.8. The Bertz CT molecular complexity index is 952. The third kappa shape index (κ3) is 3.70. The molecule has 0 bridgehead atoms. The highest BCUT2D eigenvalue weighted by molar-refractivity contribution is 6.41. The van der Waals surface area contributed by atoms with Crippen molar-refractivity contribution in [2.45, 2.75) is 0 Å². The van der Waals surface area contributed by atoms with Crippen LogP contribution in [0.2, 0.25) is 10.0 Å². The molecule has 2 aromatic carbocycles. The lowest BCUT2D eigenvalue weighted by atomic mass is 10.0. The van der Waals surface area contributed by atoms with Crippen LogP contribution in [0, 0.1) is 0 Å². The Balaban J connectivity index is 2.09. The Labute approximate surface area is 166 Å². The molecule has 0 spiro atoms. The number of nitrogens with one attached hydrogen (secondary N) is 1. The van der Waals surface area contributed by atoms with Crippen LogP contribution in [0.3, 0.4) is 0 Å². The highest BCUT2D eigenvalue weighted by atomic mass is 35.5. The lowest BCUT2D eigenvalue weighted by Gasteiger charge is -2.12. The van der Waals surface area contributed by atoms with Gasteiger partial charge in [0.25, 0.3) is 11.8 Å². The molecule has 0 aliphatic carbocycles. The van der Waals surface area contributed by atoms with Crippen LogP contribution >= 0.6 is 23.2 Å². The number of hydrogen-bond acceptors (Lipinski definition) is 4. The van der Waals surface area contributed by atoms with Crippen LogP contribution < -0.4 is 10.1 Å². The van der Waals surface area contributed by atoms with Gasteiger partial charge in [-0.05, 0) is 36.4 Å². The van der Waals surface area contributed by atoms with Gasteiger partial charge in [-0.2, -0.15) is 0 Å². The summed E-state index contributed by atoms with van der Waals surface area (Å²) >= 11 is 12.2. The SMILES string of the molecule is C=CCN1C(=O)C(Nc2ccc(OC)cc2)=C(c2ccc(Cl)cc2Cl)C1=O. The van der Waals surface area contributed by atoms with E-state index in [9.17, 15) is 9.59 Å². The lowest BCUT2D eigenvalue weighted by molar-refractivity contribution is -0.136. The maximum atomic E-state index is 12.9. The number of halogens is 2. The van der Waals surface area contributed by atoms with Crippen LogP contribution in [0.15, 0.2) is 60.8 Å². The molecule has 0 atom stereocenters. The number of carbonyl (C=O) groups excluding carboxylic acids is 2. The van der Waals surface area contributed by atoms with Gasteiger partial charge in [0.1, 0.15) is 11.4 Å². The van der Waals surface area contributed by atoms with Crippen molar-refractivity contribution in [3.63, 3.8) is 0 Å². The molecule has 1 N–H and O–H groups in total. The van der Waals surface area contributed by atoms with Gasteiger partial charge in [-0.1, -0.05) is 35.3 Å². The van der Waals surface area contributed by atoms with E-state index in [-0.39, 0.29) is 22.8 Å². The van der Waals surface area contributed by atoms with Crippen LogP contribution in [-0.2, 0) is 9.59 Å². The molecule has 138 valence electrons. The van der Waals surface area contributed by atoms with E-state index in [0.717, 1.165) is 4.90 Å². The number of ether oxygens (including phenoxy) is 1. The third-order valence-electron chi connectivity index (χ3n) is 4.04. The number of amides is 2. The number of rotatable bonds is 6. The molecule has 0 aromatic heterocycles. The van der Waals surface area contributed by atoms with Gasteiger partial charge in [-0.3, -0.25) is 14.5 Å². The van der Waals surface area contributed by atoms with Gasteiger partial charge in [0.15, 0.2) is 0 Å². The highest BCUT2D eigenvalue weighted by Crippen LogP contribution is 2.35. The average molecular weight is 403 g/mol. The molecule has 0 saturated carbocycles. The van der Waals surface area contributed by atoms with Crippen molar-refractivity contribution < 1.29 is 14.3 Å². The molecular weight excluding hydrogens is 387 g/mol. The molecule has 2 aromatic rings. The number of carbonyl (C=O) groups is 2. The first-order valence-electron chi connectivity index (χ1n) is 8.04. The standard InChI is InChI=1S/C20H16Cl2N2O3/c1-3-10-24-19(25)17(15-9-4-12(21)11-16(15)22)18(20(24)26)23-13-5-7-14(27-2)8-6-13/h3-9,11,23H,1,10H2,2H3. The van der Waals surface area contributed by atoms with Gasteiger partial charge in [-0.15, -0.1) is 6.58 Å². The first-order chi connectivity index (χ1) is 13.0. The summed E-state index contributed by atoms with van der Waals surface area (Å²) in [5.74, 6) is -0.213. The molecule has 7 heteroatoms. The van der Waals surface area contributed by atoms with Crippen LogP contribution in [0.5, 0.6) is 5.75 Å². The quantitative estimate of drug-likeness (QED) is 0.575. The molecule has 5 nitrogen and oxygen atoms in total. The van der Waals surface area contributed by atoms with Gasteiger partial charge < -0.3 is 10.1 Å². The average Bonchev–Trinajstić information content (AvgIpc) is 2.87. The second-order valence-electron chi connectivity index (χ2n) is 5.74. The largest absolute Gasteiger partial charge is 0.497 e. The van der Waals surface area contributed by atoms with Gasteiger partial charge in [0, 0.05) is 22.8 Å². The molecule has 0 fully saturated rings. The molecular formula is C20H16Cl2N2O3. The van der Waals surface area contributed by atoms with Crippen molar-refractivity contribution >= 4 is 46.3 Å². The van der Waals surface area contributed by atoms with Crippen molar-refractivity contribution in [1.29, 1.82) is 0 Å². The van der Waals surface area contributed by atoms with Crippen LogP contribution in [0.25, 0.3) is 5.57 Å². The highest BCUT2D eigenvalue weighted by Gasteiger charge is 2.39. The fourth-order valence-electron chi connectivity index (χ4n) is 2.75. The first-order valence-corrected chi connectivity index (χ1v) is 8.79. The predicted molar refractivity (Wildman–Crippen MR) is 107 cm³/mol. The summed E-state index contributed by atoms with van der Waals surface area (Å²) in [5, 5.41) is 3.76. The number of imide groups is 1. The number of hydrogen-bond donors (Lipinski definition) is 1. The molecule has 2 amide bonds. The number of benzene rings is 2. The molecule has 0 saturated heterocycles. The van der Waals surface area contributed by atoms with E-state index in [2.05, 4.69) is 11.9 Å². The zero-order chi connectivity index (χ0) is 19.6. The summed E-state index contributed by atoms with van der Waals surface area (Å²) in [6.45, 7) is 3.70. The molecule has 27 heavy (non-hydrogen) atoms. The summed E-state index contributed by atoms with van der Waals surface area (Å²) in [6.07, 6.45) is 1.49. The van der Waals surface area contributed by atoms with E-state index in [1.165, 1.54) is 12.1 Å². The molecule has 3 rings (SSSR count). The van der Waals surface area contributed by atoms with Crippen LogP contribution in [-0.4, -0.2) is 30.4 Å². The van der Waals surface area contributed by atoms with Crippen molar-refractivity contribution in [3.8, 4) is 5.75 Å². The van der Waals surface area contributed by atoms with Crippen LogP contribution in [0.4, 0.5) is 5.69 Å². The Hall–Kier alpha value is -2.76. The summed E-state index contributed by atoms with van der Waals surface area (Å²) in [5.41, 5.74) is 1.41. The summed E-state index contributed by atoms with van der Waals surface area (Å²) in [4.78, 5) is 26.8. The normalized spacial score (nSPS) is 14.0. The Kier molecular flexibility index (Phi) is 5.54. The monoisotopic (exact) mass is 402 g/mol.